The minimum Gasteiger partial charge on any atom is -0.406 e. The van der Waals surface area contributed by atoms with Crippen LogP contribution < -0.4 is 4.74 Å². The normalized spacial score (nSPS) is 11.4. The molecule has 2 aromatic carbocycles. The molecule has 0 fully saturated rings. The van der Waals surface area contributed by atoms with Gasteiger partial charge in [-0.3, -0.25) is 0 Å². The molecule has 0 aliphatic carbocycles. The summed E-state index contributed by atoms with van der Waals surface area (Å²) in [7, 11) is 0. The summed E-state index contributed by atoms with van der Waals surface area (Å²) in [6, 6.07) is 13.4. The van der Waals surface area contributed by atoms with E-state index in [1.165, 1.54) is 23.9 Å². The fourth-order valence-electron chi connectivity index (χ4n) is 1.35. The van der Waals surface area contributed by atoms with Crippen LogP contribution in [0.2, 0.25) is 0 Å². The Bertz CT molecular complexity index is 537. The molecule has 0 amide bonds. The average Bonchev–Trinajstić information content (AvgIpc) is 2.33. The predicted molar refractivity (Wildman–Crippen MR) is 71.4 cm³/mol. The Morgan fingerprint density at radius 1 is 0.842 bits per heavy atom. The lowest BCUT2D eigenvalue weighted by Crippen LogP contribution is -2.16. The maximum atomic E-state index is 12.0. The fraction of sp³-hybridized carbons (Fsp3) is 0.0769. The van der Waals surface area contributed by atoms with E-state index >= 15 is 0 Å². The highest BCUT2D eigenvalue weighted by molar-refractivity contribution is 9.10. The lowest BCUT2D eigenvalue weighted by molar-refractivity contribution is -0.274. The molecule has 100 valence electrons. The van der Waals surface area contributed by atoms with Gasteiger partial charge in [-0.15, -0.1) is 13.2 Å². The number of hydrogen-bond donors (Lipinski definition) is 0. The highest BCUT2D eigenvalue weighted by Crippen LogP contribution is 2.31. The minimum atomic E-state index is -4.65. The Morgan fingerprint density at radius 2 is 1.32 bits per heavy atom. The SMILES string of the molecule is FC(F)(F)Oc1ccc(Sc2ccc(Br)cc2)cc1. The molecule has 0 aromatic heterocycles. The lowest BCUT2D eigenvalue weighted by atomic mass is 10.3. The van der Waals surface area contributed by atoms with Crippen LogP contribution in [0, 0.1) is 0 Å². The summed E-state index contributed by atoms with van der Waals surface area (Å²) in [4.78, 5) is 1.85. The minimum absolute atomic E-state index is 0.215. The highest BCUT2D eigenvalue weighted by Gasteiger charge is 2.30. The molecule has 0 unspecified atom stereocenters. The van der Waals surface area contributed by atoms with Gasteiger partial charge in [0.05, 0.1) is 0 Å². The van der Waals surface area contributed by atoms with E-state index < -0.39 is 6.36 Å². The summed E-state index contributed by atoms with van der Waals surface area (Å²) in [5.74, 6) is -0.215. The first-order chi connectivity index (χ1) is 8.92. The van der Waals surface area contributed by atoms with Crippen LogP contribution >= 0.6 is 27.7 Å². The van der Waals surface area contributed by atoms with Crippen LogP contribution in [0.1, 0.15) is 0 Å². The summed E-state index contributed by atoms with van der Waals surface area (Å²) in [5, 5.41) is 0. The first-order valence-electron chi connectivity index (χ1n) is 5.22. The summed E-state index contributed by atoms with van der Waals surface area (Å²) in [6.45, 7) is 0. The molecule has 0 aliphatic rings. The lowest BCUT2D eigenvalue weighted by Gasteiger charge is -2.09. The van der Waals surface area contributed by atoms with Crippen molar-refractivity contribution in [2.45, 2.75) is 16.2 Å². The number of rotatable bonds is 3. The molecule has 0 spiro atoms. The molecule has 6 heteroatoms. The van der Waals surface area contributed by atoms with Gasteiger partial charge in [0.1, 0.15) is 5.75 Å². The zero-order valence-electron chi connectivity index (χ0n) is 9.45. The van der Waals surface area contributed by atoms with Gasteiger partial charge in [0, 0.05) is 14.3 Å². The molecule has 1 nitrogen and oxygen atoms in total. The number of alkyl halides is 3. The van der Waals surface area contributed by atoms with Gasteiger partial charge < -0.3 is 4.74 Å². The van der Waals surface area contributed by atoms with Gasteiger partial charge >= 0.3 is 6.36 Å². The van der Waals surface area contributed by atoms with Gasteiger partial charge in [-0.05, 0) is 48.5 Å². The predicted octanol–water partition coefficient (Wildman–Crippen LogP) is 5.50. The molecule has 0 heterocycles. The van der Waals surface area contributed by atoms with E-state index in [9.17, 15) is 13.2 Å². The topological polar surface area (TPSA) is 9.23 Å². The molecule has 0 saturated carbocycles. The van der Waals surface area contributed by atoms with Crippen LogP contribution in [0.15, 0.2) is 62.8 Å². The summed E-state index contributed by atoms with van der Waals surface area (Å²) in [6.07, 6.45) is -4.65. The summed E-state index contributed by atoms with van der Waals surface area (Å²) < 4.78 is 40.8. The third kappa shape index (κ3) is 4.80. The van der Waals surface area contributed by atoms with Gasteiger partial charge in [0.2, 0.25) is 0 Å². The van der Waals surface area contributed by atoms with Crippen molar-refractivity contribution in [1.82, 2.24) is 0 Å². The molecule has 0 N–H and O–H groups in total. The quantitative estimate of drug-likeness (QED) is 0.724. The van der Waals surface area contributed by atoms with Gasteiger partial charge in [0.15, 0.2) is 0 Å². The molecule has 0 aliphatic heterocycles. The number of halogens is 4. The van der Waals surface area contributed by atoms with Crippen LogP contribution in [0.25, 0.3) is 0 Å². The second kappa shape index (κ2) is 5.88. The Balaban J connectivity index is 2.04. The van der Waals surface area contributed by atoms with E-state index in [1.54, 1.807) is 12.1 Å². The van der Waals surface area contributed by atoms with Crippen LogP contribution in [0.5, 0.6) is 5.75 Å². The molecular weight excluding hydrogens is 341 g/mol. The van der Waals surface area contributed by atoms with Crippen molar-refractivity contribution < 1.29 is 17.9 Å². The third-order valence-electron chi connectivity index (χ3n) is 2.11. The maximum absolute atomic E-state index is 12.0. The number of hydrogen-bond acceptors (Lipinski definition) is 2. The molecule has 2 aromatic rings. The van der Waals surface area contributed by atoms with E-state index in [-0.39, 0.29) is 5.75 Å². The van der Waals surface area contributed by atoms with Gasteiger partial charge in [-0.1, -0.05) is 27.7 Å². The van der Waals surface area contributed by atoms with Gasteiger partial charge in [-0.2, -0.15) is 0 Å². The Morgan fingerprint density at radius 3 is 1.79 bits per heavy atom. The molecule has 0 radical (unpaired) electrons. The molecule has 0 bridgehead atoms. The third-order valence-corrected chi connectivity index (χ3v) is 3.65. The van der Waals surface area contributed by atoms with Crippen LogP contribution in [-0.4, -0.2) is 6.36 Å². The van der Waals surface area contributed by atoms with Crippen LogP contribution in [0.3, 0.4) is 0 Å². The Kier molecular flexibility index (Phi) is 4.42. The van der Waals surface area contributed by atoms with Crippen molar-refractivity contribution in [1.29, 1.82) is 0 Å². The highest BCUT2D eigenvalue weighted by atomic mass is 79.9. The number of benzene rings is 2. The largest absolute Gasteiger partial charge is 0.573 e. The van der Waals surface area contributed by atoms with E-state index in [1.807, 2.05) is 24.3 Å². The van der Waals surface area contributed by atoms with E-state index in [0.717, 1.165) is 14.3 Å². The second-order valence-corrected chi connectivity index (χ2v) is 5.64. The molecular formula is C13H8BrF3OS. The first kappa shape index (κ1) is 14.3. The van der Waals surface area contributed by atoms with Gasteiger partial charge in [-0.25, -0.2) is 0 Å². The van der Waals surface area contributed by atoms with Crippen molar-refractivity contribution in [2.75, 3.05) is 0 Å². The standard InChI is InChI=1S/C13H8BrF3OS/c14-9-1-5-11(6-2-9)19-12-7-3-10(4-8-12)18-13(15,16)17/h1-8H. The van der Waals surface area contributed by atoms with E-state index in [2.05, 4.69) is 20.7 Å². The molecule has 0 saturated heterocycles. The smallest absolute Gasteiger partial charge is 0.406 e. The molecule has 2 rings (SSSR count). The van der Waals surface area contributed by atoms with E-state index in [4.69, 9.17) is 0 Å². The van der Waals surface area contributed by atoms with E-state index in [0.29, 0.717) is 0 Å². The summed E-state index contributed by atoms with van der Waals surface area (Å²) in [5.41, 5.74) is 0. The summed E-state index contributed by atoms with van der Waals surface area (Å²) >= 11 is 4.80. The molecule has 19 heavy (non-hydrogen) atoms. The first-order valence-corrected chi connectivity index (χ1v) is 6.82. The molecule has 0 atom stereocenters. The van der Waals surface area contributed by atoms with Gasteiger partial charge in [0.25, 0.3) is 0 Å². The van der Waals surface area contributed by atoms with Crippen LogP contribution in [-0.2, 0) is 0 Å². The Labute approximate surface area is 120 Å². The monoisotopic (exact) mass is 348 g/mol. The Hall–Kier alpha value is -1.14. The van der Waals surface area contributed by atoms with Crippen LogP contribution in [0.4, 0.5) is 13.2 Å². The van der Waals surface area contributed by atoms with Crippen molar-refractivity contribution in [2.24, 2.45) is 0 Å². The number of ether oxygens (including phenoxy) is 1. The fourth-order valence-corrected chi connectivity index (χ4v) is 2.43. The average molecular weight is 349 g/mol. The van der Waals surface area contributed by atoms with Crippen molar-refractivity contribution in [3.63, 3.8) is 0 Å². The maximum Gasteiger partial charge on any atom is 0.573 e. The van der Waals surface area contributed by atoms with Crippen molar-refractivity contribution >= 4 is 27.7 Å². The zero-order chi connectivity index (χ0) is 13.9. The van der Waals surface area contributed by atoms with Crippen molar-refractivity contribution in [3.8, 4) is 5.75 Å². The van der Waals surface area contributed by atoms with Crippen molar-refractivity contribution in [3.05, 3.63) is 53.0 Å². The zero-order valence-corrected chi connectivity index (χ0v) is 11.8. The second-order valence-electron chi connectivity index (χ2n) is 3.58.